The SMILES string of the molecule is CCCCCOc1cc(F)c(C#Cc2ccc(C#Cc3ccc4c(F)c(F)c(F)cc4c3)cc2)c(F)c1. The van der Waals surface area contributed by atoms with Crippen molar-refractivity contribution in [2.45, 2.75) is 26.2 Å². The number of rotatable bonds is 5. The lowest BCUT2D eigenvalue weighted by Crippen LogP contribution is -1.99. The maximum absolute atomic E-state index is 14.4. The predicted octanol–water partition coefficient (Wildman–Crippen LogP) is 7.90. The third kappa shape index (κ3) is 6.29. The largest absolute Gasteiger partial charge is 0.493 e. The molecule has 0 amide bonds. The van der Waals surface area contributed by atoms with Gasteiger partial charge < -0.3 is 4.74 Å². The van der Waals surface area contributed by atoms with Gasteiger partial charge in [-0.15, -0.1) is 0 Å². The summed E-state index contributed by atoms with van der Waals surface area (Å²) in [6.45, 7) is 2.45. The van der Waals surface area contributed by atoms with Gasteiger partial charge in [0, 0.05) is 34.2 Å². The van der Waals surface area contributed by atoms with Gasteiger partial charge in [-0.05, 0) is 54.3 Å². The highest BCUT2D eigenvalue weighted by Gasteiger charge is 2.13. The first kappa shape index (κ1) is 25.8. The van der Waals surface area contributed by atoms with Crippen LogP contribution in [0.5, 0.6) is 5.75 Å². The van der Waals surface area contributed by atoms with Crippen LogP contribution in [-0.2, 0) is 0 Å². The summed E-state index contributed by atoms with van der Waals surface area (Å²) in [6, 6.07) is 14.2. The van der Waals surface area contributed by atoms with Crippen LogP contribution in [-0.4, -0.2) is 6.61 Å². The third-order valence-corrected chi connectivity index (χ3v) is 5.57. The highest BCUT2D eigenvalue weighted by atomic mass is 19.2. The summed E-state index contributed by atoms with van der Waals surface area (Å²) in [7, 11) is 0. The van der Waals surface area contributed by atoms with Crippen molar-refractivity contribution in [1.29, 1.82) is 0 Å². The Morgan fingerprint density at radius 3 is 1.86 bits per heavy atom. The Kier molecular flexibility index (Phi) is 8.11. The summed E-state index contributed by atoms with van der Waals surface area (Å²) >= 11 is 0. The van der Waals surface area contributed by atoms with Crippen molar-refractivity contribution in [2.24, 2.45) is 0 Å². The number of ether oxygens (including phenoxy) is 1. The predicted molar refractivity (Wildman–Crippen MR) is 134 cm³/mol. The Bertz CT molecular complexity index is 1540. The van der Waals surface area contributed by atoms with Crippen LogP contribution in [0.25, 0.3) is 10.8 Å². The minimum Gasteiger partial charge on any atom is -0.493 e. The van der Waals surface area contributed by atoms with Gasteiger partial charge in [0.2, 0.25) is 0 Å². The lowest BCUT2D eigenvalue weighted by atomic mass is 10.1. The number of benzene rings is 4. The zero-order valence-electron chi connectivity index (χ0n) is 19.9. The van der Waals surface area contributed by atoms with Crippen molar-refractivity contribution in [3.05, 3.63) is 112 Å². The fourth-order valence-electron chi connectivity index (χ4n) is 3.59. The first-order chi connectivity index (χ1) is 17.9. The van der Waals surface area contributed by atoms with E-state index in [9.17, 15) is 22.0 Å². The molecule has 0 fully saturated rings. The number of unbranched alkanes of at least 4 members (excludes halogenated alkanes) is 2. The molecule has 0 aliphatic rings. The van der Waals surface area contributed by atoms with E-state index in [-0.39, 0.29) is 22.1 Å². The van der Waals surface area contributed by atoms with Gasteiger partial charge in [-0.25, -0.2) is 22.0 Å². The minimum atomic E-state index is -1.51. The molecule has 0 aliphatic carbocycles. The van der Waals surface area contributed by atoms with Crippen molar-refractivity contribution >= 4 is 10.8 Å². The molecule has 0 spiro atoms. The molecule has 0 bridgehead atoms. The van der Waals surface area contributed by atoms with Crippen molar-refractivity contribution in [3.63, 3.8) is 0 Å². The molecular formula is C31H21F5O. The number of hydrogen-bond acceptors (Lipinski definition) is 1. The van der Waals surface area contributed by atoms with Crippen molar-refractivity contribution in [1.82, 2.24) is 0 Å². The normalized spacial score (nSPS) is 10.4. The molecule has 0 radical (unpaired) electrons. The highest BCUT2D eigenvalue weighted by Crippen LogP contribution is 2.24. The molecule has 186 valence electrons. The molecule has 4 aromatic rings. The Morgan fingerprint density at radius 1 is 0.622 bits per heavy atom. The van der Waals surface area contributed by atoms with Gasteiger partial charge in [0.15, 0.2) is 17.5 Å². The van der Waals surface area contributed by atoms with Crippen LogP contribution in [0.3, 0.4) is 0 Å². The molecule has 0 saturated carbocycles. The van der Waals surface area contributed by atoms with Crippen molar-refractivity contribution < 1.29 is 26.7 Å². The topological polar surface area (TPSA) is 9.23 Å². The third-order valence-electron chi connectivity index (χ3n) is 5.57. The van der Waals surface area contributed by atoms with E-state index < -0.39 is 29.1 Å². The molecule has 0 aromatic heterocycles. The number of hydrogen-bond donors (Lipinski definition) is 0. The van der Waals surface area contributed by atoms with E-state index in [1.807, 2.05) is 0 Å². The molecule has 37 heavy (non-hydrogen) atoms. The lowest BCUT2D eigenvalue weighted by molar-refractivity contribution is 0.303. The second-order valence-electron chi connectivity index (χ2n) is 8.32. The lowest BCUT2D eigenvalue weighted by Gasteiger charge is -2.07. The molecule has 0 unspecified atom stereocenters. The molecule has 0 saturated heterocycles. The molecule has 0 atom stereocenters. The molecule has 4 aromatic carbocycles. The molecular weight excluding hydrogens is 483 g/mol. The van der Waals surface area contributed by atoms with Gasteiger partial charge in [-0.2, -0.15) is 0 Å². The van der Waals surface area contributed by atoms with Gasteiger partial charge in [-0.3, -0.25) is 0 Å². The smallest absolute Gasteiger partial charge is 0.195 e. The summed E-state index contributed by atoms with van der Waals surface area (Å²) in [5, 5.41) is 0.166. The van der Waals surface area contributed by atoms with E-state index in [1.54, 1.807) is 24.3 Å². The van der Waals surface area contributed by atoms with E-state index in [4.69, 9.17) is 4.74 Å². The minimum absolute atomic E-state index is 0.0330. The van der Waals surface area contributed by atoms with Gasteiger partial charge in [-0.1, -0.05) is 49.5 Å². The maximum Gasteiger partial charge on any atom is 0.195 e. The summed E-state index contributed by atoms with van der Waals surface area (Å²) in [6.07, 6.45) is 2.81. The fraction of sp³-hybridized carbons (Fsp3) is 0.161. The van der Waals surface area contributed by atoms with Crippen LogP contribution in [0.15, 0.2) is 60.7 Å². The average Bonchev–Trinajstić information content (AvgIpc) is 2.89. The second kappa shape index (κ2) is 11.6. The Balaban J connectivity index is 1.47. The molecule has 6 heteroatoms. The van der Waals surface area contributed by atoms with E-state index in [0.29, 0.717) is 23.3 Å². The van der Waals surface area contributed by atoms with Crippen LogP contribution < -0.4 is 4.74 Å². The number of fused-ring (bicyclic) bond motifs is 1. The summed E-state index contributed by atoms with van der Waals surface area (Å²) in [4.78, 5) is 0. The van der Waals surface area contributed by atoms with Crippen molar-refractivity contribution in [3.8, 4) is 29.4 Å². The molecule has 0 heterocycles. The summed E-state index contributed by atoms with van der Waals surface area (Å²) in [5.41, 5.74) is 1.31. The van der Waals surface area contributed by atoms with Crippen LogP contribution in [0.1, 0.15) is 48.4 Å². The maximum atomic E-state index is 14.4. The van der Waals surface area contributed by atoms with Crippen LogP contribution in [0.4, 0.5) is 22.0 Å². The highest BCUT2D eigenvalue weighted by molar-refractivity contribution is 5.84. The van der Waals surface area contributed by atoms with Gasteiger partial charge in [0.1, 0.15) is 17.4 Å². The van der Waals surface area contributed by atoms with E-state index in [2.05, 4.69) is 30.6 Å². The summed E-state index contributed by atoms with van der Waals surface area (Å²) in [5.74, 6) is 5.61. The molecule has 1 nitrogen and oxygen atoms in total. The van der Waals surface area contributed by atoms with E-state index >= 15 is 0 Å². The second-order valence-corrected chi connectivity index (χ2v) is 8.32. The monoisotopic (exact) mass is 504 g/mol. The van der Waals surface area contributed by atoms with Gasteiger partial charge in [0.05, 0.1) is 12.2 Å². The van der Waals surface area contributed by atoms with Crippen molar-refractivity contribution in [2.75, 3.05) is 6.61 Å². The van der Waals surface area contributed by atoms with Crippen LogP contribution >= 0.6 is 0 Å². The summed E-state index contributed by atoms with van der Waals surface area (Å²) < 4.78 is 74.9. The Labute approximate surface area is 211 Å². The molecule has 4 rings (SSSR count). The van der Waals surface area contributed by atoms with Gasteiger partial charge in [0.25, 0.3) is 0 Å². The van der Waals surface area contributed by atoms with Crippen LogP contribution in [0.2, 0.25) is 0 Å². The van der Waals surface area contributed by atoms with Gasteiger partial charge >= 0.3 is 0 Å². The van der Waals surface area contributed by atoms with E-state index in [0.717, 1.165) is 37.5 Å². The fourth-order valence-corrected chi connectivity index (χ4v) is 3.59. The average molecular weight is 504 g/mol. The zero-order chi connectivity index (χ0) is 26.4. The van der Waals surface area contributed by atoms with E-state index in [1.165, 1.54) is 18.2 Å². The first-order valence-corrected chi connectivity index (χ1v) is 11.7. The zero-order valence-corrected chi connectivity index (χ0v) is 19.9. The van der Waals surface area contributed by atoms with Crippen LogP contribution in [0, 0.1) is 52.8 Å². The molecule has 0 N–H and O–H groups in total. The Hall–Kier alpha value is -4.29. The standard InChI is InChI=1S/C31H21F5O/c1-2-3-4-15-37-24-18-27(32)26(28(33)19-24)14-11-21-7-5-20(6-8-21)9-10-22-12-13-25-23(16-22)17-29(34)31(36)30(25)35/h5-8,12-13,16-19H,2-4,15H2,1H3. The quantitative estimate of drug-likeness (QED) is 0.116. The first-order valence-electron chi connectivity index (χ1n) is 11.7. The molecule has 0 aliphatic heterocycles. The Morgan fingerprint density at radius 2 is 1.22 bits per heavy atom. The number of halogens is 5.